The number of halogens is 1. The van der Waals surface area contributed by atoms with Gasteiger partial charge in [0.25, 0.3) is 5.78 Å². The number of fused-ring (bicyclic) bond motifs is 1. The maximum absolute atomic E-state index is 13.5. The summed E-state index contributed by atoms with van der Waals surface area (Å²) in [4.78, 5) is 33.8. The number of nitrogens with zero attached hydrogens (tertiary/aromatic N) is 2. The number of aryl methyl sites for hydroxylation is 2. The Balaban J connectivity index is 1.73. The van der Waals surface area contributed by atoms with Crippen LogP contribution >= 0.6 is 34.3 Å². The Labute approximate surface area is 227 Å². The van der Waals surface area contributed by atoms with E-state index in [2.05, 4.69) is 4.98 Å². The second-order valence-corrected chi connectivity index (χ2v) is 11.7. The van der Waals surface area contributed by atoms with Gasteiger partial charge >= 0.3 is 5.91 Å². The maximum atomic E-state index is 13.5. The molecule has 1 fully saturated rings. The summed E-state index contributed by atoms with van der Waals surface area (Å²) in [6.07, 6.45) is 0. The van der Waals surface area contributed by atoms with Crippen LogP contribution in [0, 0.1) is 13.8 Å². The fourth-order valence-corrected chi connectivity index (χ4v) is 6.67. The van der Waals surface area contributed by atoms with Crippen molar-refractivity contribution >= 4 is 67.1 Å². The highest BCUT2D eigenvalue weighted by molar-refractivity contribution is 7.22. The van der Waals surface area contributed by atoms with Gasteiger partial charge in [0.05, 0.1) is 22.9 Å². The minimum absolute atomic E-state index is 0.0453. The van der Waals surface area contributed by atoms with Gasteiger partial charge in [-0.05, 0) is 72.2 Å². The number of carbonyl (C=O) groups is 2. The van der Waals surface area contributed by atoms with Crippen molar-refractivity contribution in [3.63, 3.8) is 0 Å². The predicted molar refractivity (Wildman–Crippen MR) is 150 cm³/mol. The van der Waals surface area contributed by atoms with Crippen molar-refractivity contribution in [1.29, 1.82) is 0 Å². The number of hydrogen-bond acceptors (Lipinski definition) is 7. The van der Waals surface area contributed by atoms with Gasteiger partial charge in [-0.1, -0.05) is 42.9 Å². The molecule has 0 saturated carbocycles. The van der Waals surface area contributed by atoms with E-state index in [0.717, 1.165) is 26.3 Å². The number of hydrogen-bond donors (Lipinski definition) is 1. The number of ketones is 1. The monoisotopic (exact) mass is 552 g/mol. The normalized spacial score (nSPS) is 17.4. The molecule has 1 saturated heterocycles. The van der Waals surface area contributed by atoms with Crippen LogP contribution in [0.15, 0.2) is 47.4 Å². The van der Waals surface area contributed by atoms with Gasteiger partial charge in [-0.3, -0.25) is 14.5 Å². The Morgan fingerprint density at radius 3 is 2.57 bits per heavy atom. The third-order valence-corrected chi connectivity index (χ3v) is 8.92. The van der Waals surface area contributed by atoms with Gasteiger partial charge in [0, 0.05) is 15.5 Å². The first kappa shape index (κ1) is 25.4. The molecule has 3 heterocycles. The van der Waals surface area contributed by atoms with Crippen molar-refractivity contribution in [2.24, 2.45) is 0 Å². The summed E-state index contributed by atoms with van der Waals surface area (Å²) in [6.45, 7) is 7.81. The Kier molecular flexibility index (Phi) is 6.60. The summed E-state index contributed by atoms with van der Waals surface area (Å²) in [5.74, 6) is -0.845. The predicted octanol–water partition coefficient (Wildman–Crippen LogP) is 7.39. The molecule has 1 N–H and O–H groups in total. The Hall–Kier alpha value is -3.20. The standard InChI is InChI=1S/C28H25ClN2O4S2/c1-13(2)16-11-17(14(3)9-20(16)35-5)25(32)23-24(21-7-6-8-36-21)31(27(34)26(23)33)28-30-19-12-18(29)15(4)10-22(19)37-28/h6-13,24,32H,1-5H3/b25-23+. The molecule has 4 aromatic rings. The Morgan fingerprint density at radius 2 is 1.92 bits per heavy atom. The van der Waals surface area contributed by atoms with Crippen molar-refractivity contribution in [2.45, 2.75) is 39.7 Å². The van der Waals surface area contributed by atoms with Crippen LogP contribution in [0.3, 0.4) is 0 Å². The molecule has 1 aliphatic rings. The van der Waals surface area contributed by atoms with Gasteiger partial charge < -0.3 is 9.84 Å². The van der Waals surface area contributed by atoms with Gasteiger partial charge in [-0.25, -0.2) is 4.98 Å². The number of thiophene rings is 1. The van der Waals surface area contributed by atoms with Crippen LogP contribution < -0.4 is 9.64 Å². The summed E-state index contributed by atoms with van der Waals surface area (Å²) in [5, 5.41) is 14.5. The first-order chi connectivity index (χ1) is 17.6. The lowest BCUT2D eigenvalue weighted by atomic mass is 9.92. The first-order valence-electron chi connectivity index (χ1n) is 11.7. The highest BCUT2D eigenvalue weighted by atomic mass is 35.5. The molecule has 2 aromatic carbocycles. The number of ether oxygens (including phenoxy) is 1. The van der Waals surface area contributed by atoms with Crippen LogP contribution in [-0.2, 0) is 9.59 Å². The zero-order chi connectivity index (χ0) is 26.6. The Bertz CT molecular complexity index is 1550. The highest BCUT2D eigenvalue weighted by Crippen LogP contribution is 2.46. The van der Waals surface area contributed by atoms with Crippen molar-refractivity contribution in [3.05, 3.63) is 79.5 Å². The molecule has 9 heteroatoms. The lowest BCUT2D eigenvalue weighted by Crippen LogP contribution is -2.28. The number of aliphatic hydroxyl groups is 1. The van der Waals surface area contributed by atoms with E-state index >= 15 is 0 Å². The van der Waals surface area contributed by atoms with Crippen LogP contribution in [0.5, 0.6) is 5.75 Å². The van der Waals surface area contributed by atoms with Crippen molar-refractivity contribution in [3.8, 4) is 5.75 Å². The number of aromatic nitrogens is 1. The van der Waals surface area contributed by atoms with E-state index in [-0.39, 0.29) is 17.3 Å². The zero-order valence-corrected chi connectivity index (χ0v) is 23.3. The van der Waals surface area contributed by atoms with Gasteiger partial charge in [0.1, 0.15) is 17.6 Å². The number of Topliss-reactive ketones (excluding diaryl/α,β-unsaturated/α-hetero) is 1. The molecule has 190 valence electrons. The molecule has 0 aliphatic carbocycles. The van der Waals surface area contributed by atoms with Crippen LogP contribution in [0.4, 0.5) is 5.13 Å². The number of anilines is 1. The van der Waals surface area contributed by atoms with Gasteiger partial charge in [-0.15, -0.1) is 11.3 Å². The average Bonchev–Trinajstić information content (AvgIpc) is 3.57. The first-order valence-corrected chi connectivity index (χ1v) is 13.8. The summed E-state index contributed by atoms with van der Waals surface area (Å²) >= 11 is 9.03. The quantitative estimate of drug-likeness (QED) is 0.159. The molecule has 0 radical (unpaired) electrons. The molecule has 2 aromatic heterocycles. The van der Waals surface area contributed by atoms with Crippen LogP contribution in [-0.4, -0.2) is 28.9 Å². The fraction of sp³-hybridized carbons (Fsp3) is 0.250. The second-order valence-electron chi connectivity index (χ2n) is 9.31. The molecule has 1 unspecified atom stereocenters. The van der Waals surface area contributed by atoms with Crippen molar-refractivity contribution < 1.29 is 19.4 Å². The minimum atomic E-state index is -0.805. The number of carbonyl (C=O) groups excluding carboxylic acids is 2. The van der Waals surface area contributed by atoms with Crippen molar-refractivity contribution in [1.82, 2.24) is 4.98 Å². The largest absolute Gasteiger partial charge is 0.507 e. The average molecular weight is 553 g/mol. The van der Waals surface area contributed by atoms with Crippen molar-refractivity contribution in [2.75, 3.05) is 12.0 Å². The zero-order valence-electron chi connectivity index (χ0n) is 21.0. The lowest BCUT2D eigenvalue weighted by molar-refractivity contribution is -0.132. The summed E-state index contributed by atoms with van der Waals surface area (Å²) in [6, 6.07) is 10.3. The van der Waals surface area contributed by atoms with Crippen LogP contribution in [0.25, 0.3) is 16.0 Å². The fourth-order valence-electron chi connectivity index (χ4n) is 4.61. The molecular weight excluding hydrogens is 528 g/mol. The molecule has 1 atom stereocenters. The topological polar surface area (TPSA) is 79.7 Å². The number of amides is 1. The molecule has 1 aliphatic heterocycles. The SMILES string of the molecule is COc1cc(C)c(/C(O)=C2\C(=O)C(=O)N(c3nc4cc(Cl)c(C)cc4s3)C2c2cccs2)cc1C(C)C. The molecule has 6 nitrogen and oxygen atoms in total. The number of methoxy groups -OCH3 is 1. The summed E-state index contributed by atoms with van der Waals surface area (Å²) < 4.78 is 6.40. The maximum Gasteiger partial charge on any atom is 0.301 e. The van der Waals surface area contributed by atoms with Gasteiger partial charge in [0.2, 0.25) is 0 Å². The summed E-state index contributed by atoms with van der Waals surface area (Å²) in [7, 11) is 1.61. The number of benzene rings is 2. The number of thiazole rings is 1. The van der Waals surface area contributed by atoms with Gasteiger partial charge in [0.15, 0.2) is 5.13 Å². The third kappa shape index (κ3) is 4.23. The number of rotatable bonds is 5. The van der Waals surface area contributed by atoms with E-state index in [9.17, 15) is 14.7 Å². The van der Waals surface area contributed by atoms with E-state index < -0.39 is 17.7 Å². The Morgan fingerprint density at radius 1 is 1.16 bits per heavy atom. The third-order valence-electron chi connectivity index (χ3n) is 6.57. The van der Waals surface area contributed by atoms with Crippen LogP contribution in [0.2, 0.25) is 5.02 Å². The van der Waals surface area contributed by atoms with E-state index in [0.29, 0.717) is 27.0 Å². The van der Waals surface area contributed by atoms with E-state index in [1.807, 2.05) is 63.4 Å². The molecule has 0 spiro atoms. The lowest BCUT2D eigenvalue weighted by Gasteiger charge is -2.22. The smallest absolute Gasteiger partial charge is 0.301 e. The minimum Gasteiger partial charge on any atom is -0.507 e. The van der Waals surface area contributed by atoms with E-state index in [1.165, 1.54) is 27.6 Å². The summed E-state index contributed by atoms with van der Waals surface area (Å²) in [5.41, 5.74) is 3.72. The van der Waals surface area contributed by atoms with E-state index in [4.69, 9.17) is 16.3 Å². The van der Waals surface area contributed by atoms with Crippen LogP contribution in [0.1, 0.15) is 52.9 Å². The second kappa shape index (κ2) is 9.59. The van der Waals surface area contributed by atoms with Gasteiger partial charge in [-0.2, -0.15) is 0 Å². The molecule has 5 rings (SSSR count). The molecule has 0 bridgehead atoms. The molecular formula is C28H25ClN2O4S2. The molecule has 37 heavy (non-hydrogen) atoms. The van der Waals surface area contributed by atoms with E-state index in [1.54, 1.807) is 13.2 Å². The molecule has 1 amide bonds. The number of aliphatic hydroxyl groups excluding tert-OH is 1. The highest BCUT2D eigenvalue weighted by Gasteiger charge is 2.48.